The van der Waals surface area contributed by atoms with Crippen LogP contribution < -0.4 is 5.32 Å². The number of carbonyl (C=O) groups is 1. The van der Waals surface area contributed by atoms with Crippen molar-refractivity contribution in [2.24, 2.45) is 0 Å². The molecule has 0 aliphatic heterocycles. The van der Waals surface area contributed by atoms with Crippen molar-refractivity contribution < 1.29 is 14.1 Å². The lowest BCUT2D eigenvalue weighted by Gasteiger charge is -2.10. The molecule has 4 aromatic rings. The number of aromatic nitrogens is 3. The highest BCUT2D eigenvalue weighted by Crippen LogP contribution is 2.33. The van der Waals surface area contributed by atoms with Gasteiger partial charge < -0.3 is 14.3 Å². The predicted molar refractivity (Wildman–Crippen MR) is 107 cm³/mol. The molecule has 0 bridgehead atoms. The van der Waals surface area contributed by atoms with Gasteiger partial charge in [0.25, 0.3) is 11.6 Å². The minimum absolute atomic E-state index is 0.143. The summed E-state index contributed by atoms with van der Waals surface area (Å²) >= 11 is 6.39. The number of hydrogen-bond donors (Lipinski definition) is 1. The summed E-state index contributed by atoms with van der Waals surface area (Å²) in [5, 5.41) is 14.2. The molecule has 0 radical (unpaired) electrons. The number of furan rings is 1. The van der Waals surface area contributed by atoms with Crippen molar-refractivity contribution in [3.05, 3.63) is 69.8 Å². The summed E-state index contributed by atoms with van der Waals surface area (Å²) in [5.41, 5.74) is 1.81. The van der Waals surface area contributed by atoms with E-state index in [-0.39, 0.29) is 11.4 Å². The van der Waals surface area contributed by atoms with E-state index in [1.165, 1.54) is 18.5 Å². The summed E-state index contributed by atoms with van der Waals surface area (Å²) in [7, 11) is 0. The number of aryl methyl sites for hydroxylation is 1. The van der Waals surface area contributed by atoms with Gasteiger partial charge in [-0.05, 0) is 37.3 Å². The Morgan fingerprint density at radius 1 is 1.34 bits per heavy atom. The van der Waals surface area contributed by atoms with Crippen molar-refractivity contribution in [3.63, 3.8) is 0 Å². The smallest absolute Gasteiger partial charge is 0.291 e. The molecule has 0 atom stereocenters. The molecule has 1 aromatic carbocycles. The maximum absolute atomic E-state index is 12.2. The molecule has 1 amide bonds. The number of rotatable bonds is 5. The molecule has 3 aromatic heterocycles. The lowest BCUT2D eigenvalue weighted by atomic mass is 10.1. The van der Waals surface area contributed by atoms with Crippen molar-refractivity contribution in [2.75, 3.05) is 5.32 Å². The number of benzene rings is 1. The zero-order valence-corrected chi connectivity index (χ0v) is 15.9. The molecule has 0 spiro atoms. The van der Waals surface area contributed by atoms with Crippen LogP contribution in [-0.4, -0.2) is 25.4 Å². The summed E-state index contributed by atoms with van der Waals surface area (Å²) in [5.74, 6) is 0.276. The van der Waals surface area contributed by atoms with Gasteiger partial charge in [0, 0.05) is 23.9 Å². The Balaban J connectivity index is 1.78. The lowest BCUT2D eigenvalue weighted by molar-refractivity contribution is -0.385. The molecule has 0 unspecified atom stereocenters. The third-order valence-corrected chi connectivity index (χ3v) is 4.64. The third-order valence-electron chi connectivity index (χ3n) is 4.31. The minimum Gasteiger partial charge on any atom is -0.459 e. The normalized spacial score (nSPS) is 11.0. The average molecular weight is 412 g/mol. The molecule has 146 valence electrons. The van der Waals surface area contributed by atoms with Gasteiger partial charge in [0.2, 0.25) is 0 Å². The van der Waals surface area contributed by atoms with Gasteiger partial charge in [-0.15, -0.1) is 0 Å². The van der Waals surface area contributed by atoms with Crippen molar-refractivity contribution in [1.29, 1.82) is 0 Å². The number of nitrogens with zero attached hydrogens (tertiary/aromatic N) is 4. The fraction of sp³-hybridized carbons (Fsp3) is 0.105. The summed E-state index contributed by atoms with van der Waals surface area (Å²) in [6.45, 7) is 2.43. The second kappa shape index (κ2) is 7.36. The molecule has 0 aliphatic rings. The number of pyridine rings is 1. The van der Waals surface area contributed by atoms with Gasteiger partial charge in [-0.1, -0.05) is 11.6 Å². The molecule has 29 heavy (non-hydrogen) atoms. The van der Waals surface area contributed by atoms with Gasteiger partial charge in [-0.3, -0.25) is 14.9 Å². The maximum Gasteiger partial charge on any atom is 0.291 e. The Labute approximate surface area is 169 Å². The van der Waals surface area contributed by atoms with Crippen molar-refractivity contribution in [2.45, 2.75) is 13.5 Å². The fourth-order valence-corrected chi connectivity index (χ4v) is 3.18. The van der Waals surface area contributed by atoms with Gasteiger partial charge in [0.05, 0.1) is 16.2 Å². The highest BCUT2D eigenvalue weighted by Gasteiger charge is 2.19. The van der Waals surface area contributed by atoms with E-state index >= 15 is 0 Å². The third kappa shape index (κ3) is 3.43. The van der Waals surface area contributed by atoms with Gasteiger partial charge in [-0.2, -0.15) is 0 Å². The summed E-state index contributed by atoms with van der Waals surface area (Å²) in [4.78, 5) is 31.5. The number of anilines is 1. The number of hydrogen-bond acceptors (Lipinski definition) is 6. The van der Waals surface area contributed by atoms with E-state index in [9.17, 15) is 14.9 Å². The molecule has 0 aliphatic carbocycles. The first-order chi connectivity index (χ1) is 14.0. The second-order valence-corrected chi connectivity index (χ2v) is 6.51. The van der Waals surface area contributed by atoms with Crippen LogP contribution in [-0.2, 0) is 6.54 Å². The molecular weight excluding hydrogens is 398 g/mol. The first-order valence-electron chi connectivity index (χ1n) is 8.63. The highest BCUT2D eigenvalue weighted by atomic mass is 35.5. The van der Waals surface area contributed by atoms with Crippen LogP contribution in [0.4, 0.5) is 11.4 Å². The zero-order chi connectivity index (χ0) is 20.5. The van der Waals surface area contributed by atoms with Crippen LogP contribution in [0.1, 0.15) is 17.5 Å². The van der Waals surface area contributed by atoms with Crippen LogP contribution in [0.3, 0.4) is 0 Å². The highest BCUT2D eigenvalue weighted by molar-refractivity contribution is 6.33. The molecule has 10 heteroatoms. The van der Waals surface area contributed by atoms with Crippen LogP contribution in [0.5, 0.6) is 0 Å². The summed E-state index contributed by atoms with van der Waals surface area (Å²) < 4.78 is 6.90. The van der Waals surface area contributed by atoms with Crippen LogP contribution in [0, 0.1) is 10.1 Å². The van der Waals surface area contributed by atoms with Crippen LogP contribution >= 0.6 is 11.6 Å². The van der Waals surface area contributed by atoms with E-state index in [2.05, 4.69) is 15.3 Å². The van der Waals surface area contributed by atoms with Gasteiger partial charge in [0.15, 0.2) is 11.4 Å². The average Bonchev–Trinajstić information content (AvgIpc) is 3.36. The number of nitrogens with one attached hydrogen (secondary N) is 1. The SMILES string of the molecule is CCn1c(-c2cc(NC(=O)c3ccco3)ccc2Cl)nc2cc([N+](=O)[O-])cnc21. The Kier molecular flexibility index (Phi) is 4.73. The molecule has 0 fully saturated rings. The quantitative estimate of drug-likeness (QED) is 0.381. The second-order valence-electron chi connectivity index (χ2n) is 6.10. The Morgan fingerprint density at radius 3 is 2.86 bits per heavy atom. The van der Waals surface area contributed by atoms with Gasteiger partial charge in [0.1, 0.15) is 17.5 Å². The number of amides is 1. The molecule has 4 rings (SSSR count). The molecule has 0 saturated heterocycles. The number of imidazole rings is 1. The monoisotopic (exact) mass is 411 g/mol. The first-order valence-corrected chi connectivity index (χ1v) is 9.01. The van der Waals surface area contributed by atoms with E-state index in [0.717, 1.165) is 0 Å². The number of carbonyl (C=O) groups excluding carboxylic acids is 1. The van der Waals surface area contributed by atoms with Gasteiger partial charge in [-0.25, -0.2) is 9.97 Å². The molecule has 3 heterocycles. The van der Waals surface area contributed by atoms with Crippen LogP contribution in [0.25, 0.3) is 22.6 Å². The van der Waals surface area contributed by atoms with Gasteiger partial charge >= 0.3 is 0 Å². The first kappa shape index (κ1) is 18.6. The molecule has 0 saturated carbocycles. The predicted octanol–water partition coefficient (Wildman–Crippen LogP) is 4.53. The largest absolute Gasteiger partial charge is 0.459 e. The zero-order valence-electron chi connectivity index (χ0n) is 15.1. The standard InChI is InChI=1S/C19H14ClN5O4/c1-2-24-17(23-15-9-12(25(27)28)10-21-18(15)24)13-8-11(5-6-14(13)20)22-19(26)16-4-3-7-29-16/h3-10H,2H2,1H3,(H,22,26). The van der Waals surface area contributed by atoms with E-state index in [1.807, 2.05) is 6.92 Å². The van der Waals surface area contributed by atoms with Crippen LogP contribution in [0.15, 0.2) is 53.3 Å². The summed E-state index contributed by atoms with van der Waals surface area (Å²) in [6, 6.07) is 9.54. The Bertz CT molecular complexity index is 1230. The Morgan fingerprint density at radius 2 is 2.17 bits per heavy atom. The van der Waals surface area contributed by atoms with Crippen molar-refractivity contribution >= 4 is 40.0 Å². The van der Waals surface area contributed by atoms with E-state index < -0.39 is 10.8 Å². The molecule has 1 N–H and O–H groups in total. The van der Waals surface area contributed by atoms with Crippen molar-refractivity contribution in [3.8, 4) is 11.4 Å². The topological polar surface area (TPSA) is 116 Å². The minimum atomic E-state index is -0.519. The maximum atomic E-state index is 12.2. The lowest BCUT2D eigenvalue weighted by Crippen LogP contribution is -2.11. The number of halogens is 1. The fourth-order valence-electron chi connectivity index (χ4n) is 2.98. The number of fused-ring (bicyclic) bond motifs is 1. The van der Waals surface area contributed by atoms with E-state index in [0.29, 0.717) is 39.8 Å². The number of nitro groups is 1. The summed E-state index contributed by atoms with van der Waals surface area (Å²) in [6.07, 6.45) is 2.61. The molecular formula is C19H14ClN5O4. The van der Waals surface area contributed by atoms with E-state index in [1.54, 1.807) is 34.9 Å². The van der Waals surface area contributed by atoms with E-state index in [4.69, 9.17) is 16.0 Å². The van der Waals surface area contributed by atoms with Crippen molar-refractivity contribution in [1.82, 2.24) is 14.5 Å². The molecule has 9 nitrogen and oxygen atoms in total. The Hall–Kier alpha value is -3.72. The van der Waals surface area contributed by atoms with Crippen LogP contribution in [0.2, 0.25) is 5.02 Å².